The van der Waals surface area contributed by atoms with Gasteiger partial charge in [-0.2, -0.15) is 10.1 Å². The number of hydrogen-bond acceptors (Lipinski definition) is 8. The second-order valence-corrected chi connectivity index (χ2v) is 11.9. The maximum absolute atomic E-state index is 13.3. The van der Waals surface area contributed by atoms with Crippen LogP contribution in [0.1, 0.15) is 50.6 Å². The average Bonchev–Trinajstić information content (AvgIpc) is 3.42. The summed E-state index contributed by atoms with van der Waals surface area (Å²) < 4.78 is 34.0. The standard InChI is InChI=1S/C30H36F2N8O3/c1-29(37-26(41)24-17-30(24,31)32)10-15-38(16-11-29)25-7-12-33-27(36-25)35-22-18-34-40(19-22)23-8-13-39(14-9-23)28(42)43-20-21-5-3-2-4-6-21/h2-7,12,18-19,23-24H,8-11,13-17,20H2,1H3,(H,37,41)(H,33,35,36)/t24-/m0/s1. The molecule has 2 aromatic heterocycles. The number of alkyl halides is 2. The summed E-state index contributed by atoms with van der Waals surface area (Å²) in [7, 11) is 0. The van der Waals surface area contributed by atoms with Crippen molar-refractivity contribution in [2.75, 3.05) is 36.4 Å². The second kappa shape index (κ2) is 11.8. The van der Waals surface area contributed by atoms with Crippen molar-refractivity contribution in [1.29, 1.82) is 0 Å². The average molecular weight is 595 g/mol. The predicted molar refractivity (Wildman–Crippen MR) is 155 cm³/mol. The number of carbonyl (C=O) groups is 2. The Hall–Kier alpha value is -4.29. The fourth-order valence-corrected chi connectivity index (χ4v) is 5.68. The van der Waals surface area contributed by atoms with Gasteiger partial charge in [0.25, 0.3) is 5.92 Å². The number of halogens is 2. The van der Waals surface area contributed by atoms with Gasteiger partial charge in [-0.05, 0) is 44.2 Å². The topological polar surface area (TPSA) is 118 Å². The lowest BCUT2D eigenvalue weighted by Gasteiger charge is -2.40. The maximum atomic E-state index is 13.3. The van der Waals surface area contributed by atoms with E-state index in [1.807, 2.05) is 54.2 Å². The Labute approximate surface area is 248 Å². The zero-order valence-electron chi connectivity index (χ0n) is 24.1. The van der Waals surface area contributed by atoms with Gasteiger partial charge in [0.1, 0.15) is 18.3 Å². The van der Waals surface area contributed by atoms with Crippen LogP contribution in [0.5, 0.6) is 0 Å². The zero-order valence-corrected chi connectivity index (χ0v) is 24.1. The van der Waals surface area contributed by atoms with Crippen LogP contribution in [0.4, 0.5) is 31.0 Å². The number of piperidine rings is 2. The highest BCUT2D eigenvalue weighted by Crippen LogP contribution is 2.49. The Morgan fingerprint density at radius 3 is 2.49 bits per heavy atom. The molecule has 2 saturated heterocycles. The number of nitrogens with zero attached hydrogens (tertiary/aromatic N) is 6. The van der Waals surface area contributed by atoms with Gasteiger partial charge in [-0.1, -0.05) is 30.3 Å². The molecular weight excluding hydrogens is 558 g/mol. The number of ether oxygens (including phenoxy) is 1. The maximum Gasteiger partial charge on any atom is 0.410 e. The van der Waals surface area contributed by atoms with E-state index in [0.29, 0.717) is 45.0 Å². The normalized spacial score (nSPS) is 21.2. The first kappa shape index (κ1) is 28.8. The van der Waals surface area contributed by atoms with Gasteiger partial charge in [-0.3, -0.25) is 9.48 Å². The lowest BCUT2D eigenvalue weighted by atomic mass is 9.89. The Kier molecular flexibility index (Phi) is 7.89. The van der Waals surface area contributed by atoms with Crippen LogP contribution in [-0.2, 0) is 16.1 Å². The van der Waals surface area contributed by atoms with Gasteiger partial charge in [0.05, 0.1) is 17.9 Å². The van der Waals surface area contributed by atoms with Crippen LogP contribution < -0.4 is 15.5 Å². The molecule has 0 bridgehead atoms. The monoisotopic (exact) mass is 594 g/mol. The first-order valence-electron chi connectivity index (χ1n) is 14.7. The molecule has 4 heterocycles. The van der Waals surface area contributed by atoms with E-state index in [0.717, 1.165) is 29.9 Å². The van der Waals surface area contributed by atoms with Crippen molar-refractivity contribution in [3.63, 3.8) is 0 Å². The van der Waals surface area contributed by atoms with Crippen LogP contribution in [0.3, 0.4) is 0 Å². The summed E-state index contributed by atoms with van der Waals surface area (Å²) in [5, 5.41) is 10.6. The highest BCUT2D eigenvalue weighted by molar-refractivity contribution is 5.83. The molecule has 2 N–H and O–H groups in total. The number of rotatable bonds is 8. The summed E-state index contributed by atoms with van der Waals surface area (Å²) in [6.45, 7) is 4.62. The smallest absolute Gasteiger partial charge is 0.410 e. The Morgan fingerprint density at radius 2 is 1.79 bits per heavy atom. The molecule has 3 fully saturated rings. The van der Waals surface area contributed by atoms with E-state index in [9.17, 15) is 18.4 Å². The molecule has 3 aliphatic rings. The molecule has 2 aliphatic heterocycles. The highest BCUT2D eigenvalue weighted by Gasteiger charge is 2.61. The lowest BCUT2D eigenvalue weighted by molar-refractivity contribution is -0.126. The lowest BCUT2D eigenvalue weighted by Crippen LogP contribution is -2.54. The fraction of sp³-hybridized carbons (Fsp3) is 0.500. The highest BCUT2D eigenvalue weighted by atomic mass is 19.3. The third-order valence-electron chi connectivity index (χ3n) is 8.56. The second-order valence-electron chi connectivity index (χ2n) is 11.9. The van der Waals surface area contributed by atoms with Crippen molar-refractivity contribution in [3.05, 3.63) is 60.6 Å². The van der Waals surface area contributed by atoms with E-state index in [1.54, 1.807) is 17.3 Å². The SMILES string of the molecule is CC1(NC(=O)[C@@H]2CC2(F)F)CCN(c2ccnc(Nc3cnn(C4CCN(C(=O)OCc5ccccc5)CC4)c3)n2)CC1. The van der Waals surface area contributed by atoms with E-state index in [1.165, 1.54) is 0 Å². The third kappa shape index (κ3) is 6.86. The number of nitrogens with one attached hydrogen (secondary N) is 2. The predicted octanol–water partition coefficient (Wildman–Crippen LogP) is 4.52. The summed E-state index contributed by atoms with van der Waals surface area (Å²) in [5.74, 6) is -3.42. The van der Waals surface area contributed by atoms with Crippen LogP contribution in [0.15, 0.2) is 55.0 Å². The Balaban J connectivity index is 0.973. The van der Waals surface area contributed by atoms with Crippen LogP contribution >= 0.6 is 0 Å². The van der Waals surface area contributed by atoms with Crippen LogP contribution in [0.2, 0.25) is 0 Å². The van der Waals surface area contributed by atoms with Crippen LogP contribution in [0.25, 0.3) is 0 Å². The van der Waals surface area contributed by atoms with Crippen LogP contribution in [0, 0.1) is 5.92 Å². The Morgan fingerprint density at radius 1 is 1.07 bits per heavy atom. The van der Waals surface area contributed by atoms with E-state index >= 15 is 0 Å². The zero-order chi connectivity index (χ0) is 30.0. The summed E-state index contributed by atoms with van der Waals surface area (Å²) in [4.78, 5) is 37.6. The van der Waals surface area contributed by atoms with Gasteiger partial charge in [0, 0.05) is 50.5 Å². The molecule has 43 heavy (non-hydrogen) atoms. The fourth-order valence-electron chi connectivity index (χ4n) is 5.68. The van der Waals surface area contributed by atoms with E-state index in [4.69, 9.17) is 4.74 Å². The molecule has 228 valence electrons. The molecule has 2 amide bonds. The summed E-state index contributed by atoms with van der Waals surface area (Å²) in [5.41, 5.74) is 1.20. The van der Waals surface area contributed by atoms with Crippen molar-refractivity contribution < 1.29 is 23.1 Å². The summed E-state index contributed by atoms with van der Waals surface area (Å²) in [6, 6.07) is 11.6. The van der Waals surface area contributed by atoms with Crippen molar-refractivity contribution in [2.24, 2.45) is 5.92 Å². The van der Waals surface area contributed by atoms with Gasteiger partial charge >= 0.3 is 6.09 Å². The van der Waals surface area contributed by atoms with Gasteiger partial charge in [-0.25, -0.2) is 18.6 Å². The largest absolute Gasteiger partial charge is 0.445 e. The van der Waals surface area contributed by atoms with Gasteiger partial charge in [0.2, 0.25) is 11.9 Å². The number of likely N-dealkylation sites (tertiary alicyclic amines) is 1. The minimum atomic E-state index is -2.86. The first-order chi connectivity index (χ1) is 20.7. The van der Waals surface area contributed by atoms with Gasteiger partial charge < -0.3 is 25.2 Å². The number of hydrogen-bond donors (Lipinski definition) is 2. The molecule has 3 aromatic rings. The van der Waals surface area contributed by atoms with E-state index < -0.39 is 23.3 Å². The van der Waals surface area contributed by atoms with Gasteiger partial charge in [-0.15, -0.1) is 0 Å². The number of amides is 2. The number of benzene rings is 1. The molecule has 6 rings (SSSR count). The van der Waals surface area contributed by atoms with E-state index in [-0.39, 0.29) is 25.2 Å². The molecule has 1 saturated carbocycles. The Bertz CT molecular complexity index is 1440. The third-order valence-corrected chi connectivity index (χ3v) is 8.56. The molecular formula is C30H36F2N8O3. The van der Waals surface area contributed by atoms with Crippen molar-refractivity contribution in [2.45, 2.75) is 63.1 Å². The molecule has 1 aliphatic carbocycles. The molecule has 1 atom stereocenters. The summed E-state index contributed by atoms with van der Waals surface area (Å²) in [6.07, 6.45) is 7.47. The first-order valence-corrected chi connectivity index (χ1v) is 14.7. The molecule has 1 aromatic carbocycles. The van der Waals surface area contributed by atoms with Crippen molar-refractivity contribution >= 4 is 29.5 Å². The molecule has 0 unspecified atom stereocenters. The summed E-state index contributed by atoms with van der Waals surface area (Å²) >= 11 is 0. The van der Waals surface area contributed by atoms with Crippen molar-refractivity contribution in [3.8, 4) is 0 Å². The molecule has 0 spiro atoms. The van der Waals surface area contributed by atoms with E-state index in [2.05, 4.69) is 30.6 Å². The van der Waals surface area contributed by atoms with Crippen molar-refractivity contribution in [1.82, 2.24) is 30.0 Å². The number of carbonyl (C=O) groups excluding carboxylic acids is 2. The van der Waals surface area contributed by atoms with Gasteiger partial charge in [0.15, 0.2) is 0 Å². The van der Waals surface area contributed by atoms with Crippen LogP contribution in [-0.4, -0.2) is 74.3 Å². The molecule has 11 nitrogen and oxygen atoms in total. The number of anilines is 3. The minimum Gasteiger partial charge on any atom is -0.445 e. The quantitative estimate of drug-likeness (QED) is 0.391. The minimum absolute atomic E-state index is 0.162. The number of aromatic nitrogens is 4. The molecule has 0 radical (unpaired) electrons. The molecule has 13 heteroatoms.